The third-order valence-electron chi connectivity index (χ3n) is 4.37. The van der Waals surface area contributed by atoms with E-state index < -0.39 is 5.97 Å². The summed E-state index contributed by atoms with van der Waals surface area (Å²) in [5, 5.41) is 0. The lowest BCUT2D eigenvalue weighted by Gasteiger charge is -2.03. The SMILES string of the molecule is CCCCCCCC/C=C\CCCCCCC(=O)C(=O)OCCCC. The van der Waals surface area contributed by atoms with Crippen molar-refractivity contribution in [1.29, 1.82) is 0 Å². The number of hydrogen-bond donors (Lipinski definition) is 0. The minimum absolute atomic E-state index is 0.332. The molecule has 0 atom stereocenters. The minimum atomic E-state index is -0.647. The summed E-state index contributed by atoms with van der Waals surface area (Å²) in [4.78, 5) is 23.0. The van der Waals surface area contributed by atoms with Gasteiger partial charge in [-0.15, -0.1) is 0 Å². The average molecular weight is 353 g/mol. The van der Waals surface area contributed by atoms with Crippen molar-refractivity contribution in [2.24, 2.45) is 0 Å². The van der Waals surface area contributed by atoms with Crippen LogP contribution in [-0.4, -0.2) is 18.4 Å². The topological polar surface area (TPSA) is 43.4 Å². The van der Waals surface area contributed by atoms with Crippen molar-refractivity contribution in [3.05, 3.63) is 12.2 Å². The molecule has 0 heterocycles. The van der Waals surface area contributed by atoms with Crippen LogP contribution in [0.15, 0.2) is 12.2 Å². The Morgan fingerprint density at radius 1 is 0.680 bits per heavy atom. The second-order valence-electron chi connectivity index (χ2n) is 6.89. The summed E-state index contributed by atoms with van der Waals surface area (Å²) in [6.45, 7) is 4.65. The monoisotopic (exact) mass is 352 g/mol. The number of Topliss-reactive ketones (excluding diaryl/α,β-unsaturated/α-hetero) is 1. The predicted molar refractivity (Wildman–Crippen MR) is 106 cm³/mol. The molecule has 0 N–H and O–H groups in total. The van der Waals surface area contributed by atoms with Gasteiger partial charge in [0.15, 0.2) is 0 Å². The molecule has 0 rings (SSSR count). The van der Waals surface area contributed by atoms with Crippen LogP contribution in [0.2, 0.25) is 0 Å². The number of rotatable bonds is 18. The molecule has 0 fully saturated rings. The fourth-order valence-corrected chi connectivity index (χ4v) is 2.67. The molecule has 3 nitrogen and oxygen atoms in total. The van der Waals surface area contributed by atoms with E-state index in [1.807, 2.05) is 6.92 Å². The largest absolute Gasteiger partial charge is 0.460 e. The van der Waals surface area contributed by atoms with Gasteiger partial charge in [-0.3, -0.25) is 4.79 Å². The molecule has 25 heavy (non-hydrogen) atoms. The van der Waals surface area contributed by atoms with Crippen molar-refractivity contribution in [3.8, 4) is 0 Å². The Kier molecular flexibility index (Phi) is 18.3. The van der Waals surface area contributed by atoms with Crippen LogP contribution in [0.5, 0.6) is 0 Å². The smallest absolute Gasteiger partial charge is 0.374 e. The quantitative estimate of drug-likeness (QED) is 0.122. The molecule has 0 saturated heterocycles. The molecule has 0 amide bonds. The molecular formula is C22H40O3. The molecule has 0 aromatic heterocycles. The summed E-state index contributed by atoms with van der Waals surface area (Å²) in [6, 6.07) is 0. The third kappa shape index (κ3) is 17.5. The van der Waals surface area contributed by atoms with Gasteiger partial charge in [-0.05, 0) is 38.5 Å². The highest BCUT2D eigenvalue weighted by Crippen LogP contribution is 2.09. The predicted octanol–water partition coefficient (Wildman–Crippen LogP) is 6.55. The first-order valence-corrected chi connectivity index (χ1v) is 10.6. The number of allylic oxidation sites excluding steroid dienone is 2. The Morgan fingerprint density at radius 2 is 1.20 bits per heavy atom. The molecule has 0 aromatic rings. The molecule has 3 heteroatoms. The van der Waals surface area contributed by atoms with Gasteiger partial charge in [-0.1, -0.05) is 77.4 Å². The average Bonchev–Trinajstić information content (AvgIpc) is 2.61. The molecule has 0 aliphatic heterocycles. The van der Waals surface area contributed by atoms with Gasteiger partial charge in [-0.2, -0.15) is 0 Å². The Labute approximate surface area is 155 Å². The number of ether oxygens (including phenoxy) is 1. The summed E-state index contributed by atoms with van der Waals surface area (Å²) >= 11 is 0. The van der Waals surface area contributed by atoms with Crippen molar-refractivity contribution in [2.75, 3.05) is 6.61 Å². The maximum atomic E-state index is 11.6. The molecule has 0 saturated carbocycles. The number of ketones is 1. The Hall–Kier alpha value is -1.12. The lowest BCUT2D eigenvalue weighted by atomic mass is 10.1. The fraction of sp³-hybridized carbons (Fsp3) is 0.818. The standard InChI is InChI=1S/C22H40O3/c1-3-5-7-8-9-10-11-12-13-14-15-16-17-18-19-21(23)22(24)25-20-6-4-2/h12-13H,3-11,14-20H2,1-2H3/b13-12-. The van der Waals surface area contributed by atoms with Crippen molar-refractivity contribution in [2.45, 2.75) is 110 Å². The van der Waals surface area contributed by atoms with Crippen LogP contribution in [0.3, 0.4) is 0 Å². The van der Waals surface area contributed by atoms with E-state index in [0.717, 1.165) is 38.5 Å². The van der Waals surface area contributed by atoms with E-state index in [0.29, 0.717) is 13.0 Å². The number of hydrogen-bond acceptors (Lipinski definition) is 3. The van der Waals surface area contributed by atoms with Gasteiger partial charge in [0.05, 0.1) is 6.61 Å². The van der Waals surface area contributed by atoms with E-state index in [9.17, 15) is 9.59 Å². The maximum Gasteiger partial charge on any atom is 0.374 e. The van der Waals surface area contributed by atoms with Crippen molar-refractivity contribution in [1.82, 2.24) is 0 Å². The Bertz CT molecular complexity index is 347. The fourth-order valence-electron chi connectivity index (χ4n) is 2.67. The van der Waals surface area contributed by atoms with Crippen LogP contribution in [-0.2, 0) is 14.3 Å². The van der Waals surface area contributed by atoms with Gasteiger partial charge in [-0.25, -0.2) is 4.79 Å². The van der Waals surface area contributed by atoms with Gasteiger partial charge < -0.3 is 4.74 Å². The maximum absolute atomic E-state index is 11.6. The van der Waals surface area contributed by atoms with Crippen LogP contribution < -0.4 is 0 Å². The van der Waals surface area contributed by atoms with Crippen LogP contribution in [0.25, 0.3) is 0 Å². The van der Waals surface area contributed by atoms with Crippen molar-refractivity contribution >= 4 is 11.8 Å². The number of unbranched alkanes of at least 4 members (excludes halogenated alkanes) is 11. The summed E-state index contributed by atoms with van der Waals surface area (Å²) in [5.41, 5.74) is 0. The first-order chi connectivity index (χ1) is 12.2. The van der Waals surface area contributed by atoms with Crippen LogP contribution in [0.4, 0.5) is 0 Å². The molecule has 0 aliphatic carbocycles. The van der Waals surface area contributed by atoms with Gasteiger partial charge in [0, 0.05) is 6.42 Å². The van der Waals surface area contributed by atoms with Crippen LogP contribution in [0.1, 0.15) is 110 Å². The number of carbonyl (C=O) groups is 2. The first-order valence-electron chi connectivity index (χ1n) is 10.6. The van der Waals surface area contributed by atoms with Crippen LogP contribution in [0, 0.1) is 0 Å². The summed E-state index contributed by atoms with van der Waals surface area (Å²) in [7, 11) is 0. The van der Waals surface area contributed by atoms with Crippen LogP contribution >= 0.6 is 0 Å². The summed E-state index contributed by atoms with van der Waals surface area (Å²) < 4.78 is 4.92. The van der Waals surface area contributed by atoms with E-state index in [4.69, 9.17) is 4.74 Å². The molecule has 0 radical (unpaired) electrons. The molecule has 0 aliphatic rings. The number of carbonyl (C=O) groups excluding carboxylic acids is 2. The van der Waals surface area contributed by atoms with Gasteiger partial charge >= 0.3 is 5.97 Å². The van der Waals surface area contributed by atoms with E-state index >= 15 is 0 Å². The Balaban J connectivity index is 3.33. The lowest BCUT2D eigenvalue weighted by Crippen LogP contribution is -2.17. The van der Waals surface area contributed by atoms with Gasteiger partial charge in [0.2, 0.25) is 5.78 Å². The first kappa shape index (κ1) is 23.9. The summed E-state index contributed by atoms with van der Waals surface area (Å²) in [5.74, 6) is -1.01. The van der Waals surface area contributed by atoms with E-state index in [-0.39, 0.29) is 5.78 Å². The molecule has 146 valence electrons. The molecule has 0 aromatic carbocycles. The zero-order valence-electron chi connectivity index (χ0n) is 16.7. The molecule has 0 unspecified atom stereocenters. The second kappa shape index (κ2) is 19.2. The van der Waals surface area contributed by atoms with Crippen molar-refractivity contribution in [3.63, 3.8) is 0 Å². The lowest BCUT2D eigenvalue weighted by molar-refractivity contribution is -0.154. The van der Waals surface area contributed by atoms with E-state index in [1.54, 1.807) is 0 Å². The van der Waals surface area contributed by atoms with Gasteiger partial charge in [0.1, 0.15) is 0 Å². The highest BCUT2D eigenvalue weighted by atomic mass is 16.5. The minimum Gasteiger partial charge on any atom is -0.460 e. The van der Waals surface area contributed by atoms with E-state index in [2.05, 4.69) is 19.1 Å². The highest BCUT2D eigenvalue weighted by molar-refractivity contribution is 6.33. The normalized spacial score (nSPS) is 11.1. The molecule has 0 spiro atoms. The van der Waals surface area contributed by atoms with E-state index in [1.165, 1.54) is 51.4 Å². The Morgan fingerprint density at radius 3 is 1.80 bits per heavy atom. The second-order valence-corrected chi connectivity index (χ2v) is 6.89. The van der Waals surface area contributed by atoms with Gasteiger partial charge in [0.25, 0.3) is 0 Å². The highest BCUT2D eigenvalue weighted by Gasteiger charge is 2.13. The third-order valence-corrected chi connectivity index (χ3v) is 4.37. The zero-order chi connectivity index (χ0) is 18.6. The zero-order valence-corrected chi connectivity index (χ0v) is 16.7. The summed E-state index contributed by atoms with van der Waals surface area (Å²) in [6.07, 6.45) is 21.3. The van der Waals surface area contributed by atoms with Crippen molar-refractivity contribution < 1.29 is 14.3 Å². The molecular weight excluding hydrogens is 312 g/mol. The molecule has 0 bridgehead atoms. The number of esters is 1.